The van der Waals surface area contributed by atoms with E-state index < -0.39 is 0 Å². The summed E-state index contributed by atoms with van der Waals surface area (Å²) in [5.74, 6) is 0.306. The molecule has 6 heteroatoms. The Balaban J connectivity index is 0. The number of hydrogen-bond acceptors (Lipinski definition) is 3. The molecule has 1 aliphatic rings. The molecular formula is C15H33Cl2N3O. The first kappa shape index (κ1) is 23.2. The number of hydrogen-bond donors (Lipinski definition) is 1. The first-order valence-electron chi connectivity index (χ1n) is 7.94. The zero-order chi connectivity index (χ0) is 14.1. The second kappa shape index (κ2) is 13.6. The molecule has 0 radical (unpaired) electrons. The molecule has 0 aromatic heterocycles. The Hall–Kier alpha value is -0.0300. The molecule has 2 N–H and O–H groups in total. The van der Waals surface area contributed by atoms with Crippen molar-refractivity contribution in [1.29, 1.82) is 0 Å². The lowest BCUT2D eigenvalue weighted by atomic mass is 10.2. The van der Waals surface area contributed by atoms with Gasteiger partial charge in [-0.2, -0.15) is 0 Å². The first-order chi connectivity index (χ1) is 9.22. The highest BCUT2D eigenvalue weighted by Gasteiger charge is 2.26. The number of amides is 1. The maximum absolute atomic E-state index is 12.2. The lowest BCUT2D eigenvalue weighted by Crippen LogP contribution is -2.40. The van der Waals surface area contributed by atoms with E-state index in [4.69, 9.17) is 5.73 Å². The van der Waals surface area contributed by atoms with E-state index >= 15 is 0 Å². The molecule has 1 atom stereocenters. The fraction of sp³-hybridized carbons (Fsp3) is 0.933. The average molecular weight is 342 g/mol. The van der Waals surface area contributed by atoms with E-state index in [0.717, 1.165) is 45.4 Å². The van der Waals surface area contributed by atoms with Gasteiger partial charge in [0.05, 0.1) is 0 Å². The van der Waals surface area contributed by atoms with Crippen molar-refractivity contribution in [2.75, 3.05) is 32.7 Å². The molecule has 4 nitrogen and oxygen atoms in total. The molecule has 1 unspecified atom stereocenters. The molecule has 1 rings (SSSR count). The predicted molar refractivity (Wildman–Crippen MR) is 94.5 cm³/mol. The Kier molecular flexibility index (Phi) is 15.1. The van der Waals surface area contributed by atoms with Crippen molar-refractivity contribution in [1.82, 2.24) is 9.80 Å². The van der Waals surface area contributed by atoms with Crippen molar-refractivity contribution in [3.8, 4) is 0 Å². The van der Waals surface area contributed by atoms with Crippen LogP contribution in [0.4, 0.5) is 0 Å². The van der Waals surface area contributed by atoms with Gasteiger partial charge in [0.2, 0.25) is 5.91 Å². The van der Waals surface area contributed by atoms with Crippen LogP contribution in [0.3, 0.4) is 0 Å². The van der Waals surface area contributed by atoms with Gasteiger partial charge in [-0.1, -0.05) is 13.8 Å². The number of nitrogens with zero attached hydrogens (tertiary/aromatic N) is 2. The smallest absolute Gasteiger partial charge is 0.222 e. The highest BCUT2D eigenvalue weighted by molar-refractivity contribution is 5.85. The van der Waals surface area contributed by atoms with E-state index in [1.54, 1.807) is 0 Å². The van der Waals surface area contributed by atoms with Crippen molar-refractivity contribution in [2.24, 2.45) is 5.73 Å². The van der Waals surface area contributed by atoms with Gasteiger partial charge in [0.25, 0.3) is 0 Å². The molecule has 0 saturated carbocycles. The highest BCUT2D eigenvalue weighted by Crippen LogP contribution is 2.17. The van der Waals surface area contributed by atoms with Gasteiger partial charge >= 0.3 is 0 Å². The van der Waals surface area contributed by atoms with Gasteiger partial charge in [0.15, 0.2) is 0 Å². The third-order valence-electron chi connectivity index (χ3n) is 3.91. The molecule has 0 bridgehead atoms. The van der Waals surface area contributed by atoms with Crippen molar-refractivity contribution < 1.29 is 4.79 Å². The quantitative estimate of drug-likeness (QED) is 0.701. The van der Waals surface area contributed by atoms with Crippen LogP contribution in [0.15, 0.2) is 0 Å². The maximum atomic E-state index is 12.2. The van der Waals surface area contributed by atoms with Gasteiger partial charge in [-0.3, -0.25) is 4.79 Å². The first-order valence-corrected chi connectivity index (χ1v) is 7.94. The topological polar surface area (TPSA) is 49.6 Å². The van der Waals surface area contributed by atoms with E-state index in [0.29, 0.717) is 24.9 Å². The molecule has 21 heavy (non-hydrogen) atoms. The number of rotatable bonds is 9. The van der Waals surface area contributed by atoms with Crippen LogP contribution in [0, 0.1) is 0 Å². The number of carbonyl (C=O) groups is 1. The summed E-state index contributed by atoms with van der Waals surface area (Å²) < 4.78 is 0. The molecule has 0 aliphatic carbocycles. The predicted octanol–water partition coefficient (Wildman–Crippen LogP) is 2.68. The molecule has 1 saturated heterocycles. The molecular weight excluding hydrogens is 309 g/mol. The number of carbonyl (C=O) groups excluding carboxylic acids is 1. The van der Waals surface area contributed by atoms with Crippen LogP contribution in [-0.4, -0.2) is 54.5 Å². The standard InChI is InChI=1S/C15H31N3O.2ClH/c1-3-9-17(10-4-2)11-6-8-15(19)18-12-5-7-14(18)13-16;;/h14H,3-13,16H2,1-2H3;2*1H. The lowest BCUT2D eigenvalue weighted by molar-refractivity contribution is -0.132. The molecule has 1 amide bonds. The average Bonchev–Trinajstić information content (AvgIpc) is 2.87. The van der Waals surface area contributed by atoms with Gasteiger partial charge in [0, 0.05) is 25.6 Å². The Morgan fingerprint density at radius 2 is 1.81 bits per heavy atom. The van der Waals surface area contributed by atoms with Crippen LogP contribution >= 0.6 is 24.8 Å². The number of likely N-dealkylation sites (tertiary alicyclic amines) is 1. The molecule has 0 aromatic carbocycles. The SMILES string of the molecule is CCCN(CCC)CCCC(=O)N1CCCC1CN.Cl.Cl. The highest BCUT2D eigenvalue weighted by atomic mass is 35.5. The molecule has 1 fully saturated rings. The van der Waals surface area contributed by atoms with Gasteiger partial charge in [-0.05, 0) is 51.7 Å². The van der Waals surface area contributed by atoms with Crippen molar-refractivity contribution in [3.63, 3.8) is 0 Å². The molecule has 0 aromatic rings. The zero-order valence-corrected chi connectivity index (χ0v) is 15.2. The monoisotopic (exact) mass is 341 g/mol. The zero-order valence-electron chi connectivity index (χ0n) is 13.6. The minimum Gasteiger partial charge on any atom is -0.338 e. The minimum absolute atomic E-state index is 0. The van der Waals surface area contributed by atoms with Gasteiger partial charge in [0.1, 0.15) is 0 Å². The maximum Gasteiger partial charge on any atom is 0.222 e. The Morgan fingerprint density at radius 3 is 2.33 bits per heavy atom. The summed E-state index contributed by atoms with van der Waals surface area (Å²) in [6.07, 6.45) is 6.24. The normalized spacial score (nSPS) is 17.5. The van der Waals surface area contributed by atoms with E-state index in [-0.39, 0.29) is 24.8 Å². The third kappa shape index (κ3) is 8.24. The van der Waals surface area contributed by atoms with Crippen molar-refractivity contribution >= 4 is 30.7 Å². The van der Waals surface area contributed by atoms with E-state index in [2.05, 4.69) is 18.7 Å². The van der Waals surface area contributed by atoms with Crippen LogP contribution in [0.5, 0.6) is 0 Å². The Bertz CT molecular complexity index is 261. The Labute approximate surface area is 142 Å². The van der Waals surface area contributed by atoms with Crippen LogP contribution in [0.25, 0.3) is 0 Å². The second-order valence-electron chi connectivity index (χ2n) is 5.56. The van der Waals surface area contributed by atoms with Gasteiger partial charge in [-0.25, -0.2) is 0 Å². The number of halogens is 2. The van der Waals surface area contributed by atoms with Crippen molar-refractivity contribution in [2.45, 2.75) is 58.4 Å². The van der Waals surface area contributed by atoms with E-state index in [1.807, 2.05) is 4.90 Å². The van der Waals surface area contributed by atoms with Crippen LogP contribution in [0.2, 0.25) is 0 Å². The fourth-order valence-corrected chi connectivity index (χ4v) is 2.97. The summed E-state index contributed by atoms with van der Waals surface area (Å²) in [6.45, 7) is 9.30. The molecule has 1 heterocycles. The Morgan fingerprint density at radius 1 is 1.19 bits per heavy atom. The molecule has 0 spiro atoms. The summed E-state index contributed by atoms with van der Waals surface area (Å²) >= 11 is 0. The van der Waals surface area contributed by atoms with Crippen LogP contribution in [-0.2, 0) is 4.79 Å². The minimum atomic E-state index is 0. The lowest BCUT2D eigenvalue weighted by Gasteiger charge is -2.25. The van der Waals surface area contributed by atoms with E-state index in [9.17, 15) is 4.79 Å². The summed E-state index contributed by atoms with van der Waals surface area (Å²) in [4.78, 5) is 16.6. The summed E-state index contributed by atoms with van der Waals surface area (Å²) in [5, 5.41) is 0. The summed E-state index contributed by atoms with van der Waals surface area (Å²) in [5.41, 5.74) is 5.72. The fourth-order valence-electron chi connectivity index (χ4n) is 2.97. The van der Waals surface area contributed by atoms with Crippen LogP contribution < -0.4 is 5.73 Å². The molecule has 1 aliphatic heterocycles. The third-order valence-corrected chi connectivity index (χ3v) is 3.91. The number of nitrogens with two attached hydrogens (primary N) is 1. The summed E-state index contributed by atoms with van der Waals surface area (Å²) in [6, 6.07) is 0.301. The van der Waals surface area contributed by atoms with Crippen LogP contribution in [0.1, 0.15) is 52.4 Å². The second-order valence-corrected chi connectivity index (χ2v) is 5.56. The molecule has 128 valence electrons. The van der Waals surface area contributed by atoms with E-state index in [1.165, 1.54) is 12.8 Å². The van der Waals surface area contributed by atoms with Crippen molar-refractivity contribution in [3.05, 3.63) is 0 Å². The van der Waals surface area contributed by atoms with Gasteiger partial charge < -0.3 is 15.5 Å². The summed E-state index contributed by atoms with van der Waals surface area (Å²) in [7, 11) is 0. The largest absolute Gasteiger partial charge is 0.338 e. The van der Waals surface area contributed by atoms with Gasteiger partial charge in [-0.15, -0.1) is 24.8 Å².